The van der Waals surface area contributed by atoms with E-state index in [1.807, 2.05) is 48.7 Å². The second-order valence-corrected chi connectivity index (χ2v) is 8.37. The molecule has 6 nitrogen and oxygen atoms in total. The number of ether oxygens (including phenoxy) is 1. The summed E-state index contributed by atoms with van der Waals surface area (Å²) < 4.78 is 7.05. The first-order chi connectivity index (χ1) is 16.0. The maximum Gasteiger partial charge on any atom is 0.304 e. The molecule has 33 heavy (non-hydrogen) atoms. The molecule has 4 rings (SSSR count). The van der Waals surface area contributed by atoms with Gasteiger partial charge >= 0.3 is 5.91 Å². The van der Waals surface area contributed by atoms with Crippen molar-refractivity contribution in [2.75, 3.05) is 7.11 Å². The average Bonchev–Trinajstić information content (AvgIpc) is 3.14. The van der Waals surface area contributed by atoms with Gasteiger partial charge in [-0.05, 0) is 60.0 Å². The normalized spacial score (nSPS) is 18.9. The number of methoxy groups -OCH3 is 1. The summed E-state index contributed by atoms with van der Waals surface area (Å²) in [5.41, 5.74) is 6.50. The molecule has 1 fully saturated rings. The maximum absolute atomic E-state index is 13.0. The first-order valence-corrected chi connectivity index (χ1v) is 11.0. The van der Waals surface area contributed by atoms with E-state index in [-0.39, 0.29) is 11.8 Å². The molecule has 0 bridgehead atoms. The smallest absolute Gasteiger partial charge is 0.304 e. The molecule has 1 aliphatic heterocycles. The maximum atomic E-state index is 13.0. The van der Waals surface area contributed by atoms with Gasteiger partial charge in [-0.1, -0.05) is 44.2 Å². The van der Waals surface area contributed by atoms with Gasteiger partial charge in [0.15, 0.2) is 6.04 Å². The largest absolute Gasteiger partial charge is 0.497 e. The van der Waals surface area contributed by atoms with Crippen molar-refractivity contribution in [1.82, 2.24) is 10.7 Å². The molecule has 0 saturated carbocycles. The van der Waals surface area contributed by atoms with E-state index < -0.39 is 12.1 Å². The summed E-state index contributed by atoms with van der Waals surface area (Å²) in [7, 11) is 1.61. The minimum atomic E-state index is -0.766. The fraction of sp³-hybridized carbons (Fsp3) is 0.222. The van der Waals surface area contributed by atoms with E-state index in [4.69, 9.17) is 4.74 Å². The van der Waals surface area contributed by atoms with Crippen LogP contribution in [0.15, 0.2) is 78.9 Å². The molecule has 0 radical (unpaired) electrons. The van der Waals surface area contributed by atoms with Gasteiger partial charge in [0, 0.05) is 16.7 Å². The Balaban J connectivity index is 1.69. The number of nitrogens with zero attached hydrogens (tertiary/aromatic N) is 1. The van der Waals surface area contributed by atoms with E-state index in [0.29, 0.717) is 11.5 Å². The number of rotatable bonds is 6. The number of hydrazone groups is 1. The molecule has 1 aliphatic rings. The van der Waals surface area contributed by atoms with Crippen LogP contribution >= 0.6 is 0 Å². The van der Waals surface area contributed by atoms with E-state index in [1.165, 1.54) is 5.56 Å². The average molecular weight is 443 g/mol. The van der Waals surface area contributed by atoms with Crippen LogP contribution in [0.2, 0.25) is 0 Å². The van der Waals surface area contributed by atoms with Crippen molar-refractivity contribution in [3.8, 4) is 5.75 Å². The van der Waals surface area contributed by atoms with Crippen molar-refractivity contribution in [2.45, 2.75) is 31.8 Å². The Bertz CT molecular complexity index is 1150. The zero-order valence-electron chi connectivity index (χ0n) is 19.0. The number of hydrogen-bond acceptors (Lipinski definition) is 3. The van der Waals surface area contributed by atoms with E-state index in [1.54, 1.807) is 36.1 Å². The molecule has 2 N–H and O–H groups in total. The van der Waals surface area contributed by atoms with Crippen LogP contribution in [0.3, 0.4) is 0 Å². The van der Waals surface area contributed by atoms with Crippen LogP contribution in [0.1, 0.15) is 52.9 Å². The Labute approximate surface area is 193 Å². The minimum Gasteiger partial charge on any atom is -0.497 e. The lowest BCUT2D eigenvalue weighted by Crippen LogP contribution is -2.42. The first kappa shape index (κ1) is 22.3. The van der Waals surface area contributed by atoms with Crippen LogP contribution in [-0.2, 0) is 4.79 Å². The third kappa shape index (κ3) is 4.95. The predicted octanol–water partition coefficient (Wildman–Crippen LogP) is 3.83. The summed E-state index contributed by atoms with van der Waals surface area (Å²) in [4.78, 5) is 25.8. The van der Waals surface area contributed by atoms with Crippen molar-refractivity contribution < 1.29 is 19.0 Å². The minimum absolute atomic E-state index is 0.268. The Morgan fingerprint density at radius 2 is 1.67 bits per heavy atom. The van der Waals surface area contributed by atoms with Crippen LogP contribution in [0.5, 0.6) is 5.75 Å². The van der Waals surface area contributed by atoms with Crippen molar-refractivity contribution in [3.05, 3.63) is 101 Å². The second kappa shape index (κ2) is 9.69. The predicted molar refractivity (Wildman–Crippen MR) is 128 cm³/mol. The van der Waals surface area contributed by atoms with E-state index in [9.17, 15) is 9.59 Å². The lowest BCUT2D eigenvalue weighted by atomic mass is 9.99. The summed E-state index contributed by atoms with van der Waals surface area (Å²) in [6.07, 6.45) is 1.89. The van der Waals surface area contributed by atoms with Gasteiger partial charge in [-0.25, -0.2) is 0 Å². The molecule has 6 heteroatoms. The Hall–Kier alpha value is -3.93. The van der Waals surface area contributed by atoms with Gasteiger partial charge in [-0.2, -0.15) is 0 Å². The Kier molecular flexibility index (Phi) is 6.54. The van der Waals surface area contributed by atoms with Crippen LogP contribution in [0.25, 0.3) is 0 Å². The second-order valence-electron chi connectivity index (χ2n) is 8.37. The summed E-state index contributed by atoms with van der Waals surface area (Å²) in [6, 6.07) is 23.5. The highest BCUT2D eigenvalue weighted by molar-refractivity contribution is 5.98. The van der Waals surface area contributed by atoms with E-state index in [2.05, 4.69) is 36.7 Å². The number of carbonyl (C=O) groups excluding carboxylic acids is 2. The molecule has 2 atom stereocenters. The standard InChI is InChI=1S/C27H27N3O3/c1-18(2)20-11-9-19(10-12-20)17-30-25(21-13-15-23(33-3)16-14-21)24(27(32)29-30)28-26(31)22-7-5-4-6-8-22/h4-18,24-25H,1-3H3,(H-,28,29,31,32)/p+1/b30-17-/t24-,25+/m0/s1. The molecule has 3 aromatic carbocycles. The first-order valence-electron chi connectivity index (χ1n) is 11.0. The third-order valence-corrected chi connectivity index (χ3v) is 5.81. The van der Waals surface area contributed by atoms with Gasteiger partial charge < -0.3 is 10.1 Å². The molecule has 0 aromatic heterocycles. The fourth-order valence-corrected chi connectivity index (χ4v) is 3.92. The highest BCUT2D eigenvalue weighted by atomic mass is 16.5. The van der Waals surface area contributed by atoms with Crippen molar-refractivity contribution in [3.63, 3.8) is 0 Å². The third-order valence-electron chi connectivity index (χ3n) is 5.81. The number of nitrogens with one attached hydrogen (secondary N) is 2. The molecule has 2 amide bonds. The van der Waals surface area contributed by atoms with Crippen LogP contribution in [-0.4, -0.2) is 35.9 Å². The summed E-state index contributed by atoms with van der Waals surface area (Å²) >= 11 is 0. The van der Waals surface area contributed by atoms with Gasteiger partial charge in [-0.15, -0.1) is 10.1 Å². The molecule has 1 saturated heterocycles. The molecule has 1 heterocycles. The van der Waals surface area contributed by atoms with Crippen LogP contribution in [0, 0.1) is 0 Å². The SMILES string of the molecule is COc1ccc([C@@H]2[C@H](NC(=O)c3ccccc3)C(=O)N/[N+]2=C\c2ccc(C(C)C)cc2)cc1. The molecule has 168 valence electrons. The van der Waals surface area contributed by atoms with Gasteiger partial charge in [0.2, 0.25) is 12.3 Å². The lowest BCUT2D eigenvalue weighted by Gasteiger charge is -2.15. The summed E-state index contributed by atoms with van der Waals surface area (Å²) in [6.45, 7) is 4.30. The number of benzene rings is 3. The topological polar surface area (TPSA) is 70.4 Å². The number of hydrogen-bond donors (Lipinski definition) is 2. The molecular formula is C27H28N3O3+. The van der Waals surface area contributed by atoms with Crippen LogP contribution in [0.4, 0.5) is 0 Å². The fourth-order valence-electron chi connectivity index (χ4n) is 3.92. The Morgan fingerprint density at radius 3 is 2.27 bits per heavy atom. The quantitative estimate of drug-likeness (QED) is 0.570. The zero-order valence-corrected chi connectivity index (χ0v) is 19.0. The van der Waals surface area contributed by atoms with Crippen molar-refractivity contribution in [2.24, 2.45) is 0 Å². The van der Waals surface area contributed by atoms with Gasteiger partial charge in [0.05, 0.1) is 7.11 Å². The Morgan fingerprint density at radius 1 is 1.00 bits per heavy atom. The number of hydrazine groups is 1. The number of amides is 2. The highest BCUT2D eigenvalue weighted by Gasteiger charge is 2.47. The van der Waals surface area contributed by atoms with Gasteiger partial charge in [0.1, 0.15) is 5.75 Å². The summed E-state index contributed by atoms with van der Waals surface area (Å²) in [5.74, 6) is 0.600. The van der Waals surface area contributed by atoms with Crippen molar-refractivity contribution >= 4 is 18.0 Å². The van der Waals surface area contributed by atoms with E-state index >= 15 is 0 Å². The molecular weight excluding hydrogens is 414 g/mol. The van der Waals surface area contributed by atoms with E-state index in [0.717, 1.165) is 16.9 Å². The summed E-state index contributed by atoms with van der Waals surface area (Å²) in [5, 5.41) is 2.92. The zero-order chi connectivity index (χ0) is 23.4. The molecule has 3 aromatic rings. The highest BCUT2D eigenvalue weighted by Crippen LogP contribution is 2.27. The molecule has 0 unspecified atom stereocenters. The molecule has 0 aliphatic carbocycles. The number of carbonyl (C=O) groups is 2. The van der Waals surface area contributed by atoms with Crippen LogP contribution < -0.4 is 15.5 Å². The van der Waals surface area contributed by atoms with Crippen molar-refractivity contribution in [1.29, 1.82) is 0 Å². The monoisotopic (exact) mass is 442 g/mol. The van der Waals surface area contributed by atoms with Gasteiger partial charge in [0.25, 0.3) is 5.91 Å². The lowest BCUT2D eigenvalue weighted by molar-refractivity contribution is -0.596. The van der Waals surface area contributed by atoms with Gasteiger partial charge in [-0.3, -0.25) is 9.59 Å². The molecule has 0 spiro atoms.